The Bertz CT molecular complexity index is 254. The van der Waals surface area contributed by atoms with Crippen molar-refractivity contribution in [3.8, 4) is 0 Å². The lowest BCUT2D eigenvalue weighted by molar-refractivity contribution is 0.986. The highest BCUT2D eigenvalue weighted by Crippen LogP contribution is 2.39. The predicted molar refractivity (Wildman–Crippen MR) is 57.0 cm³/mol. The lowest BCUT2D eigenvalue weighted by atomic mass is 10.2. The van der Waals surface area contributed by atoms with Gasteiger partial charge in [0, 0.05) is 17.3 Å². The molecule has 0 atom stereocenters. The van der Waals surface area contributed by atoms with Crippen molar-refractivity contribution in [3.05, 3.63) is 29.1 Å². The highest BCUT2D eigenvalue weighted by molar-refractivity contribution is 5.24. The zero-order valence-corrected chi connectivity index (χ0v) is 9.09. The van der Waals surface area contributed by atoms with Crippen LogP contribution in [0.25, 0.3) is 0 Å². The van der Waals surface area contributed by atoms with Crippen molar-refractivity contribution in [1.29, 1.82) is 0 Å². The van der Waals surface area contributed by atoms with Gasteiger partial charge in [-0.25, -0.2) is 0 Å². The molecule has 0 radical (unpaired) electrons. The van der Waals surface area contributed by atoms with Crippen molar-refractivity contribution >= 4 is 0 Å². The molecule has 0 amide bonds. The van der Waals surface area contributed by atoms with Crippen LogP contribution in [0.2, 0.25) is 0 Å². The Morgan fingerprint density at radius 2 is 1.77 bits per heavy atom. The molecule has 1 aromatic heterocycles. The average Bonchev–Trinajstić information content (AvgIpc) is 2.88. The second-order valence-corrected chi connectivity index (χ2v) is 3.49. The van der Waals surface area contributed by atoms with Gasteiger partial charge >= 0.3 is 0 Å². The van der Waals surface area contributed by atoms with Crippen LogP contribution in [0, 0.1) is 13.8 Å². The van der Waals surface area contributed by atoms with Crippen molar-refractivity contribution in [2.45, 2.75) is 46.5 Å². The second-order valence-electron chi connectivity index (χ2n) is 3.49. The molecule has 0 spiro atoms. The first-order valence-electron chi connectivity index (χ1n) is 5.21. The van der Waals surface area contributed by atoms with Crippen molar-refractivity contribution in [1.82, 2.24) is 4.98 Å². The van der Waals surface area contributed by atoms with E-state index in [1.54, 1.807) is 0 Å². The van der Waals surface area contributed by atoms with Crippen LogP contribution in [0.15, 0.2) is 12.1 Å². The molecular formula is C12H19N. The van der Waals surface area contributed by atoms with E-state index in [4.69, 9.17) is 0 Å². The molecule has 1 saturated carbocycles. The molecule has 1 fully saturated rings. The number of rotatable bonds is 1. The zero-order chi connectivity index (χ0) is 9.84. The van der Waals surface area contributed by atoms with E-state index in [1.807, 2.05) is 13.8 Å². The number of nitrogens with zero attached hydrogens (tertiary/aromatic N) is 1. The molecule has 0 bridgehead atoms. The van der Waals surface area contributed by atoms with Gasteiger partial charge in [0.25, 0.3) is 0 Å². The summed E-state index contributed by atoms with van der Waals surface area (Å²) >= 11 is 0. The Kier molecular flexibility index (Phi) is 3.47. The van der Waals surface area contributed by atoms with Crippen LogP contribution in [0.1, 0.15) is 49.6 Å². The molecule has 1 heteroatoms. The molecular weight excluding hydrogens is 158 g/mol. The van der Waals surface area contributed by atoms with Gasteiger partial charge in [-0.3, -0.25) is 4.98 Å². The summed E-state index contributed by atoms with van der Waals surface area (Å²) in [6, 6.07) is 4.34. The summed E-state index contributed by atoms with van der Waals surface area (Å²) in [6.45, 7) is 8.21. The fourth-order valence-electron chi connectivity index (χ4n) is 1.46. The third-order valence-electron chi connectivity index (χ3n) is 2.11. The lowest BCUT2D eigenvalue weighted by Gasteiger charge is -2.00. The maximum absolute atomic E-state index is 4.50. The molecule has 1 aliphatic rings. The highest BCUT2D eigenvalue weighted by Gasteiger charge is 2.24. The maximum atomic E-state index is 4.50. The summed E-state index contributed by atoms with van der Waals surface area (Å²) in [5.74, 6) is 0.786. The average molecular weight is 177 g/mol. The Hall–Kier alpha value is -0.850. The van der Waals surface area contributed by atoms with Gasteiger partial charge in [-0.2, -0.15) is 0 Å². The molecule has 0 saturated heterocycles. The summed E-state index contributed by atoms with van der Waals surface area (Å²) in [4.78, 5) is 4.50. The molecule has 0 aliphatic heterocycles. The number of hydrogen-bond donors (Lipinski definition) is 0. The molecule has 2 rings (SSSR count). The second kappa shape index (κ2) is 4.40. The van der Waals surface area contributed by atoms with Gasteiger partial charge in [-0.15, -0.1) is 0 Å². The van der Waals surface area contributed by atoms with Gasteiger partial charge < -0.3 is 0 Å². The van der Waals surface area contributed by atoms with Crippen LogP contribution in [0.5, 0.6) is 0 Å². The summed E-state index contributed by atoms with van der Waals surface area (Å²) in [5.41, 5.74) is 3.81. The van der Waals surface area contributed by atoms with Gasteiger partial charge in [0.2, 0.25) is 0 Å². The smallest absolute Gasteiger partial charge is 0.0440 e. The number of aromatic nitrogens is 1. The van der Waals surface area contributed by atoms with Gasteiger partial charge in [-0.05, 0) is 44.4 Å². The Balaban J connectivity index is 0.000000396. The van der Waals surface area contributed by atoms with Crippen LogP contribution in [0.3, 0.4) is 0 Å². The van der Waals surface area contributed by atoms with Crippen LogP contribution < -0.4 is 0 Å². The van der Waals surface area contributed by atoms with Crippen molar-refractivity contribution in [2.24, 2.45) is 0 Å². The first kappa shape index (κ1) is 10.2. The van der Waals surface area contributed by atoms with E-state index in [2.05, 4.69) is 31.0 Å². The zero-order valence-electron chi connectivity index (χ0n) is 9.09. The fourth-order valence-corrected chi connectivity index (χ4v) is 1.46. The van der Waals surface area contributed by atoms with Gasteiger partial charge in [0.1, 0.15) is 0 Å². The van der Waals surface area contributed by atoms with Gasteiger partial charge in [-0.1, -0.05) is 13.8 Å². The minimum absolute atomic E-state index is 0.786. The van der Waals surface area contributed by atoms with E-state index < -0.39 is 0 Å². The van der Waals surface area contributed by atoms with Crippen LogP contribution in [-0.2, 0) is 0 Å². The molecule has 72 valence electrons. The van der Waals surface area contributed by atoms with E-state index >= 15 is 0 Å². The maximum Gasteiger partial charge on any atom is 0.0440 e. The Morgan fingerprint density at radius 3 is 2.23 bits per heavy atom. The summed E-state index contributed by atoms with van der Waals surface area (Å²) < 4.78 is 0. The highest BCUT2D eigenvalue weighted by atomic mass is 14.7. The first-order chi connectivity index (χ1) is 6.25. The normalized spacial score (nSPS) is 14.8. The van der Waals surface area contributed by atoms with Crippen molar-refractivity contribution in [2.75, 3.05) is 0 Å². The minimum Gasteiger partial charge on any atom is -0.258 e. The third-order valence-corrected chi connectivity index (χ3v) is 2.11. The van der Waals surface area contributed by atoms with E-state index in [0.717, 1.165) is 11.6 Å². The van der Waals surface area contributed by atoms with Crippen molar-refractivity contribution < 1.29 is 0 Å². The monoisotopic (exact) mass is 177 g/mol. The Morgan fingerprint density at radius 1 is 1.15 bits per heavy atom. The van der Waals surface area contributed by atoms with Crippen LogP contribution >= 0.6 is 0 Å². The molecule has 13 heavy (non-hydrogen) atoms. The predicted octanol–water partition coefficient (Wildman–Crippen LogP) is 3.60. The number of hydrogen-bond acceptors (Lipinski definition) is 1. The molecule has 0 unspecified atom stereocenters. The van der Waals surface area contributed by atoms with Crippen molar-refractivity contribution in [3.63, 3.8) is 0 Å². The van der Waals surface area contributed by atoms with Crippen LogP contribution in [-0.4, -0.2) is 4.98 Å². The largest absolute Gasteiger partial charge is 0.258 e. The fraction of sp³-hybridized carbons (Fsp3) is 0.583. The molecule has 1 aliphatic carbocycles. The summed E-state index contributed by atoms with van der Waals surface area (Å²) in [5, 5.41) is 0. The SMILES string of the molecule is CC.Cc1cc(C)nc(C2CC2)c1. The lowest BCUT2D eigenvalue weighted by Crippen LogP contribution is -1.90. The van der Waals surface area contributed by atoms with E-state index in [1.165, 1.54) is 24.1 Å². The molecule has 0 N–H and O–H groups in total. The number of pyridine rings is 1. The van der Waals surface area contributed by atoms with E-state index in [-0.39, 0.29) is 0 Å². The summed E-state index contributed by atoms with van der Waals surface area (Å²) in [7, 11) is 0. The van der Waals surface area contributed by atoms with Gasteiger partial charge in [0.15, 0.2) is 0 Å². The van der Waals surface area contributed by atoms with E-state index in [9.17, 15) is 0 Å². The number of aryl methyl sites for hydroxylation is 2. The molecule has 1 aromatic rings. The Labute approximate surface area is 81.2 Å². The van der Waals surface area contributed by atoms with Gasteiger partial charge in [0.05, 0.1) is 0 Å². The first-order valence-corrected chi connectivity index (χ1v) is 5.21. The quantitative estimate of drug-likeness (QED) is 0.638. The standard InChI is InChI=1S/C10H13N.C2H6/c1-7-5-8(2)11-10(6-7)9-3-4-9;1-2/h5-6,9H,3-4H2,1-2H3;1-2H3. The van der Waals surface area contributed by atoms with E-state index in [0.29, 0.717) is 0 Å². The minimum atomic E-state index is 0.786. The molecule has 1 nitrogen and oxygen atoms in total. The van der Waals surface area contributed by atoms with Crippen LogP contribution in [0.4, 0.5) is 0 Å². The summed E-state index contributed by atoms with van der Waals surface area (Å²) in [6.07, 6.45) is 2.69. The third kappa shape index (κ3) is 2.83. The topological polar surface area (TPSA) is 12.9 Å². The molecule has 0 aromatic carbocycles. The molecule has 1 heterocycles.